The lowest BCUT2D eigenvalue weighted by atomic mass is 9.99. The van der Waals surface area contributed by atoms with E-state index in [1.54, 1.807) is 18.7 Å². The van der Waals surface area contributed by atoms with E-state index in [1.807, 2.05) is 0 Å². The van der Waals surface area contributed by atoms with Gasteiger partial charge in [-0.25, -0.2) is 0 Å². The van der Waals surface area contributed by atoms with Gasteiger partial charge in [0.1, 0.15) is 12.1 Å². The molecule has 2 heterocycles. The molecule has 7 heteroatoms. The molecule has 0 bridgehead atoms. The van der Waals surface area contributed by atoms with Crippen molar-refractivity contribution in [2.24, 2.45) is 5.73 Å². The van der Waals surface area contributed by atoms with Gasteiger partial charge in [0.15, 0.2) is 0 Å². The van der Waals surface area contributed by atoms with Gasteiger partial charge in [-0.15, -0.1) is 0 Å². The van der Waals surface area contributed by atoms with Gasteiger partial charge in [-0.3, -0.25) is 14.4 Å². The molecule has 0 aliphatic carbocycles. The zero-order valence-corrected chi connectivity index (χ0v) is 12.5. The van der Waals surface area contributed by atoms with Crippen molar-refractivity contribution in [2.45, 2.75) is 63.8 Å². The first kappa shape index (κ1) is 15.8. The molecular formula is C14H23N3O4. The Morgan fingerprint density at radius 3 is 2.71 bits per heavy atom. The van der Waals surface area contributed by atoms with Crippen molar-refractivity contribution in [1.29, 1.82) is 0 Å². The summed E-state index contributed by atoms with van der Waals surface area (Å²) in [6.45, 7) is 3.92. The number of esters is 1. The van der Waals surface area contributed by atoms with Crippen LogP contribution in [0.4, 0.5) is 0 Å². The van der Waals surface area contributed by atoms with Gasteiger partial charge in [-0.05, 0) is 33.1 Å². The Kier molecular flexibility index (Phi) is 4.82. The number of carbonyl (C=O) groups excluding carboxylic acids is 3. The summed E-state index contributed by atoms with van der Waals surface area (Å²) in [7, 11) is 0. The van der Waals surface area contributed by atoms with E-state index in [9.17, 15) is 14.4 Å². The fraction of sp³-hybridized carbons (Fsp3) is 0.786. The average molecular weight is 297 g/mol. The molecule has 4 unspecified atom stereocenters. The van der Waals surface area contributed by atoms with Gasteiger partial charge in [-0.1, -0.05) is 0 Å². The average Bonchev–Trinajstić information content (AvgIpc) is 2.75. The van der Waals surface area contributed by atoms with E-state index in [0.717, 1.165) is 12.8 Å². The summed E-state index contributed by atoms with van der Waals surface area (Å²) in [4.78, 5) is 37.3. The molecule has 0 radical (unpaired) electrons. The smallest absolute Gasteiger partial charge is 0.308 e. The minimum atomic E-state index is -0.617. The van der Waals surface area contributed by atoms with Crippen LogP contribution in [-0.2, 0) is 19.1 Å². The Morgan fingerprint density at radius 2 is 2.14 bits per heavy atom. The number of ether oxygens (including phenoxy) is 1. The predicted molar refractivity (Wildman–Crippen MR) is 75.1 cm³/mol. The monoisotopic (exact) mass is 297 g/mol. The molecule has 2 saturated heterocycles. The van der Waals surface area contributed by atoms with Crippen LogP contribution in [0.1, 0.15) is 39.5 Å². The van der Waals surface area contributed by atoms with E-state index in [0.29, 0.717) is 13.0 Å². The summed E-state index contributed by atoms with van der Waals surface area (Å²) >= 11 is 0. The molecule has 0 aromatic rings. The fourth-order valence-electron chi connectivity index (χ4n) is 2.86. The molecule has 0 spiro atoms. The van der Waals surface area contributed by atoms with Gasteiger partial charge in [0, 0.05) is 6.54 Å². The maximum Gasteiger partial charge on any atom is 0.308 e. The molecule has 0 aromatic carbocycles. The van der Waals surface area contributed by atoms with E-state index >= 15 is 0 Å². The Morgan fingerprint density at radius 1 is 1.43 bits per heavy atom. The molecule has 2 fully saturated rings. The van der Waals surface area contributed by atoms with Crippen LogP contribution in [-0.4, -0.2) is 53.5 Å². The van der Waals surface area contributed by atoms with Gasteiger partial charge in [0.2, 0.25) is 11.8 Å². The van der Waals surface area contributed by atoms with Crippen molar-refractivity contribution in [2.75, 3.05) is 6.54 Å². The summed E-state index contributed by atoms with van der Waals surface area (Å²) in [5, 5.41) is 2.83. The van der Waals surface area contributed by atoms with Crippen molar-refractivity contribution < 1.29 is 19.1 Å². The normalized spacial score (nSPS) is 30.7. The highest BCUT2D eigenvalue weighted by molar-refractivity contribution is 5.90. The number of amides is 2. The standard InChI is InChI=1S/C14H23N3O4/c1-8(15)14(20)17-6-4-3-5-11(17)13(19)16-10-7-12(18)21-9(10)2/h8-11H,3-7,15H2,1-2H3,(H,16,19). The van der Waals surface area contributed by atoms with E-state index in [-0.39, 0.29) is 36.4 Å². The SMILES string of the molecule is CC(N)C(=O)N1CCCCC1C(=O)NC1CC(=O)OC1C. The zero-order chi connectivity index (χ0) is 15.6. The van der Waals surface area contributed by atoms with Crippen molar-refractivity contribution in [3.8, 4) is 0 Å². The van der Waals surface area contributed by atoms with Gasteiger partial charge >= 0.3 is 5.97 Å². The Bertz CT molecular complexity index is 438. The molecule has 2 aliphatic heterocycles. The second-order valence-electron chi connectivity index (χ2n) is 5.85. The lowest BCUT2D eigenvalue weighted by Gasteiger charge is -2.36. The first-order valence-corrected chi connectivity index (χ1v) is 7.46. The Labute approximate surface area is 124 Å². The number of nitrogens with zero attached hydrogens (tertiary/aromatic N) is 1. The summed E-state index contributed by atoms with van der Waals surface area (Å²) in [5.74, 6) is -0.736. The first-order chi connectivity index (χ1) is 9.90. The lowest BCUT2D eigenvalue weighted by Crippen LogP contribution is -2.57. The predicted octanol–water partition coefficient (Wildman–Crippen LogP) is -0.465. The summed E-state index contributed by atoms with van der Waals surface area (Å²) in [6.07, 6.45) is 2.25. The highest BCUT2D eigenvalue weighted by Gasteiger charge is 2.37. The number of nitrogens with one attached hydrogen (secondary N) is 1. The Hall–Kier alpha value is -1.63. The largest absolute Gasteiger partial charge is 0.460 e. The fourth-order valence-corrected chi connectivity index (χ4v) is 2.86. The minimum absolute atomic E-state index is 0.181. The van der Waals surface area contributed by atoms with E-state index in [4.69, 9.17) is 10.5 Å². The number of hydrogen-bond acceptors (Lipinski definition) is 5. The molecule has 0 saturated carbocycles. The number of nitrogens with two attached hydrogens (primary N) is 1. The van der Waals surface area contributed by atoms with Crippen LogP contribution in [0, 0.1) is 0 Å². The number of rotatable bonds is 3. The third kappa shape index (κ3) is 3.53. The summed E-state index contributed by atoms with van der Waals surface area (Å²) in [5.41, 5.74) is 5.65. The van der Waals surface area contributed by atoms with E-state index in [1.165, 1.54) is 0 Å². The van der Waals surface area contributed by atoms with Gasteiger partial charge in [0.05, 0.1) is 18.5 Å². The van der Waals surface area contributed by atoms with Crippen molar-refractivity contribution >= 4 is 17.8 Å². The minimum Gasteiger partial charge on any atom is -0.460 e. The Balaban J connectivity index is 2.02. The second kappa shape index (κ2) is 6.43. The molecule has 2 rings (SSSR count). The molecule has 21 heavy (non-hydrogen) atoms. The van der Waals surface area contributed by atoms with Crippen molar-refractivity contribution in [3.63, 3.8) is 0 Å². The zero-order valence-electron chi connectivity index (χ0n) is 12.5. The molecule has 3 N–H and O–H groups in total. The molecule has 2 amide bonds. The molecule has 4 atom stereocenters. The summed E-state index contributed by atoms with van der Waals surface area (Å²) in [6, 6.07) is -1.44. The third-order valence-electron chi connectivity index (χ3n) is 4.08. The number of likely N-dealkylation sites (tertiary alicyclic amines) is 1. The highest BCUT2D eigenvalue weighted by atomic mass is 16.6. The van der Waals surface area contributed by atoms with Gasteiger partial charge < -0.3 is 20.7 Å². The molecule has 2 aliphatic rings. The second-order valence-corrected chi connectivity index (χ2v) is 5.85. The van der Waals surface area contributed by atoms with Crippen LogP contribution >= 0.6 is 0 Å². The number of hydrogen-bond donors (Lipinski definition) is 2. The number of cyclic esters (lactones) is 1. The third-order valence-corrected chi connectivity index (χ3v) is 4.08. The van der Waals surface area contributed by atoms with E-state index in [2.05, 4.69) is 5.32 Å². The van der Waals surface area contributed by atoms with Crippen LogP contribution in [0.5, 0.6) is 0 Å². The topological polar surface area (TPSA) is 102 Å². The van der Waals surface area contributed by atoms with Crippen LogP contribution in [0.2, 0.25) is 0 Å². The van der Waals surface area contributed by atoms with Crippen molar-refractivity contribution in [1.82, 2.24) is 10.2 Å². The van der Waals surface area contributed by atoms with E-state index < -0.39 is 12.1 Å². The first-order valence-electron chi connectivity index (χ1n) is 7.46. The van der Waals surface area contributed by atoms with Crippen LogP contribution in [0.15, 0.2) is 0 Å². The lowest BCUT2D eigenvalue weighted by molar-refractivity contribution is -0.143. The number of carbonyl (C=O) groups is 3. The van der Waals surface area contributed by atoms with Crippen LogP contribution in [0.3, 0.4) is 0 Å². The quantitative estimate of drug-likeness (QED) is 0.686. The molecular weight excluding hydrogens is 274 g/mol. The highest BCUT2D eigenvalue weighted by Crippen LogP contribution is 2.20. The van der Waals surface area contributed by atoms with Gasteiger partial charge in [-0.2, -0.15) is 0 Å². The van der Waals surface area contributed by atoms with Gasteiger partial charge in [0.25, 0.3) is 0 Å². The summed E-state index contributed by atoms with van der Waals surface area (Å²) < 4.78 is 5.02. The van der Waals surface area contributed by atoms with Crippen LogP contribution < -0.4 is 11.1 Å². The molecule has 118 valence electrons. The van der Waals surface area contributed by atoms with Crippen LogP contribution in [0.25, 0.3) is 0 Å². The maximum absolute atomic E-state index is 12.4. The molecule has 7 nitrogen and oxygen atoms in total. The molecule has 0 aromatic heterocycles. The number of piperidine rings is 1. The maximum atomic E-state index is 12.4. The van der Waals surface area contributed by atoms with Crippen molar-refractivity contribution in [3.05, 3.63) is 0 Å².